The predicted octanol–water partition coefficient (Wildman–Crippen LogP) is 6.72. The van der Waals surface area contributed by atoms with E-state index in [1.165, 1.54) is 41.4 Å². The third-order valence-corrected chi connectivity index (χ3v) is 8.84. The lowest BCUT2D eigenvalue weighted by Crippen LogP contribution is -2.28. The molecule has 2 aliphatic heterocycles. The van der Waals surface area contributed by atoms with Gasteiger partial charge in [-0.15, -0.1) is 0 Å². The van der Waals surface area contributed by atoms with Gasteiger partial charge in [0.2, 0.25) is 5.69 Å². The Bertz CT molecular complexity index is 1410. The third kappa shape index (κ3) is 4.82. The average Bonchev–Trinajstić information content (AvgIpc) is 3.17. The summed E-state index contributed by atoms with van der Waals surface area (Å²) in [5.74, 6) is 0. The number of hydrogen-bond donors (Lipinski definition) is 0. The molecule has 0 saturated carbocycles. The summed E-state index contributed by atoms with van der Waals surface area (Å²) in [4.78, 5) is 2.31. The molecular formula is C31H40N2O3S. The minimum Gasteiger partial charge on any atom is -0.744 e. The fourth-order valence-corrected chi connectivity index (χ4v) is 6.43. The summed E-state index contributed by atoms with van der Waals surface area (Å²) < 4.78 is 37.3. The second-order valence-electron chi connectivity index (χ2n) is 11.3. The molecule has 0 radical (unpaired) electrons. The molecule has 4 rings (SSSR count). The highest BCUT2D eigenvalue weighted by molar-refractivity contribution is 7.85. The summed E-state index contributed by atoms with van der Waals surface area (Å²) in [6.45, 7) is 17.0. The van der Waals surface area contributed by atoms with Crippen LogP contribution in [0, 0.1) is 6.92 Å². The molecule has 0 aromatic heterocycles. The third-order valence-electron chi connectivity index (χ3n) is 8.01. The normalized spacial score (nSPS) is 19.2. The zero-order valence-electron chi connectivity index (χ0n) is 23.3. The van der Waals surface area contributed by atoms with Gasteiger partial charge in [-0.2, -0.15) is 4.58 Å². The molecule has 0 atom stereocenters. The van der Waals surface area contributed by atoms with E-state index in [9.17, 15) is 13.0 Å². The summed E-state index contributed by atoms with van der Waals surface area (Å²) in [6, 6.07) is 11.5. The number of anilines is 1. The number of allylic oxidation sites excluding steroid dienone is 4. The molecular weight excluding hydrogens is 480 g/mol. The van der Waals surface area contributed by atoms with Gasteiger partial charge in [0.15, 0.2) is 5.71 Å². The molecule has 0 amide bonds. The van der Waals surface area contributed by atoms with Crippen LogP contribution in [0.3, 0.4) is 0 Å². The Morgan fingerprint density at radius 3 is 2.35 bits per heavy atom. The fourth-order valence-electron chi connectivity index (χ4n) is 5.93. The van der Waals surface area contributed by atoms with Gasteiger partial charge in [-0.05, 0) is 64.0 Å². The summed E-state index contributed by atoms with van der Waals surface area (Å²) >= 11 is 0. The second kappa shape index (κ2) is 9.88. The lowest BCUT2D eigenvalue weighted by molar-refractivity contribution is -0.433. The van der Waals surface area contributed by atoms with Crippen molar-refractivity contribution in [1.29, 1.82) is 0 Å². The Balaban J connectivity index is 1.74. The van der Waals surface area contributed by atoms with Crippen LogP contribution in [-0.2, 0) is 20.9 Å². The lowest BCUT2D eigenvalue weighted by atomic mass is 9.81. The Morgan fingerprint density at radius 1 is 0.973 bits per heavy atom. The van der Waals surface area contributed by atoms with Crippen LogP contribution in [0.2, 0.25) is 0 Å². The van der Waals surface area contributed by atoms with Crippen molar-refractivity contribution >= 4 is 27.2 Å². The van der Waals surface area contributed by atoms with E-state index < -0.39 is 15.5 Å². The van der Waals surface area contributed by atoms with Gasteiger partial charge < -0.3 is 9.45 Å². The first-order valence-electron chi connectivity index (χ1n) is 13.4. The van der Waals surface area contributed by atoms with E-state index in [2.05, 4.69) is 94.4 Å². The number of benzene rings is 2. The number of hydrogen-bond acceptors (Lipinski definition) is 4. The monoisotopic (exact) mass is 520 g/mol. The standard InChI is InChI=1S/C31H40N2O3S/c1-8-10-11-19-33-27-17-15-22(3)20-24(27)30(4,5)29(33)14-12-13-28-31(6,7)25-21-23(37(34,35)36)16-18-26(25)32(28)9-2/h12-18,20-21H,8-11,19H2,1-7H3. The van der Waals surface area contributed by atoms with Crippen LogP contribution >= 0.6 is 0 Å². The summed E-state index contributed by atoms with van der Waals surface area (Å²) in [5.41, 5.74) is 7.59. The number of rotatable bonds is 8. The average molecular weight is 521 g/mol. The van der Waals surface area contributed by atoms with E-state index in [0.29, 0.717) is 0 Å². The van der Waals surface area contributed by atoms with Crippen LogP contribution in [-0.4, -0.2) is 36.3 Å². The van der Waals surface area contributed by atoms with Crippen LogP contribution in [0.1, 0.15) is 77.5 Å². The predicted molar refractivity (Wildman–Crippen MR) is 151 cm³/mol. The van der Waals surface area contributed by atoms with Crippen molar-refractivity contribution in [2.24, 2.45) is 0 Å². The molecule has 2 aromatic carbocycles. The number of unbranched alkanes of at least 4 members (excludes halogenated alkanes) is 2. The molecule has 0 saturated heterocycles. The van der Waals surface area contributed by atoms with Gasteiger partial charge >= 0.3 is 0 Å². The molecule has 0 fully saturated rings. The molecule has 0 spiro atoms. The van der Waals surface area contributed by atoms with E-state index in [4.69, 9.17) is 0 Å². The molecule has 0 unspecified atom stereocenters. The highest BCUT2D eigenvalue weighted by Gasteiger charge is 2.44. The van der Waals surface area contributed by atoms with Crippen molar-refractivity contribution in [3.63, 3.8) is 0 Å². The van der Waals surface area contributed by atoms with E-state index in [1.54, 1.807) is 12.1 Å². The van der Waals surface area contributed by atoms with Crippen LogP contribution in [0.5, 0.6) is 0 Å². The molecule has 37 heavy (non-hydrogen) atoms. The van der Waals surface area contributed by atoms with Crippen LogP contribution in [0.25, 0.3) is 0 Å². The lowest BCUT2D eigenvalue weighted by Gasteiger charge is -2.27. The smallest absolute Gasteiger partial charge is 0.209 e. The van der Waals surface area contributed by atoms with E-state index in [1.807, 2.05) is 0 Å². The maximum absolute atomic E-state index is 11.7. The van der Waals surface area contributed by atoms with Gasteiger partial charge in [0, 0.05) is 41.1 Å². The number of fused-ring (bicyclic) bond motifs is 2. The Labute approximate surface area is 223 Å². The first kappa shape index (κ1) is 27.3. The highest BCUT2D eigenvalue weighted by atomic mass is 32.2. The van der Waals surface area contributed by atoms with Crippen molar-refractivity contribution in [2.45, 2.75) is 83.5 Å². The first-order chi connectivity index (χ1) is 17.3. The molecule has 0 aliphatic carbocycles. The minimum absolute atomic E-state index is 0.113. The maximum atomic E-state index is 11.7. The van der Waals surface area contributed by atoms with Crippen molar-refractivity contribution < 1.29 is 17.5 Å². The molecule has 2 heterocycles. The van der Waals surface area contributed by atoms with Crippen molar-refractivity contribution in [3.05, 3.63) is 77.0 Å². The van der Waals surface area contributed by atoms with Gasteiger partial charge in [-0.3, -0.25) is 0 Å². The first-order valence-corrected chi connectivity index (χ1v) is 14.8. The van der Waals surface area contributed by atoms with Crippen LogP contribution in [0.15, 0.2) is 65.2 Å². The van der Waals surface area contributed by atoms with Crippen molar-refractivity contribution in [3.8, 4) is 0 Å². The Kier molecular flexibility index (Phi) is 7.30. The van der Waals surface area contributed by atoms with Crippen molar-refractivity contribution in [1.82, 2.24) is 0 Å². The molecule has 2 aromatic rings. The zero-order chi connectivity index (χ0) is 27.2. The molecule has 198 valence electrons. The summed E-state index contributed by atoms with van der Waals surface area (Å²) in [5, 5.41) is 0. The Hall–Kier alpha value is -2.70. The quantitative estimate of drug-likeness (QED) is 0.220. The highest BCUT2D eigenvalue weighted by Crippen LogP contribution is 2.48. The molecule has 0 bridgehead atoms. The largest absolute Gasteiger partial charge is 0.744 e. The SMILES string of the molecule is CCCCCN1/C(=C/C=C/C2=[N+](CC)c3ccc(S(=O)(=O)[O-])cc3C2(C)C)C(C)(C)c2cc(C)ccc21. The maximum Gasteiger partial charge on any atom is 0.209 e. The van der Waals surface area contributed by atoms with E-state index in [0.717, 1.165) is 36.5 Å². The van der Waals surface area contributed by atoms with Gasteiger partial charge in [-0.25, -0.2) is 8.42 Å². The fraction of sp³-hybridized carbons (Fsp3) is 0.452. The van der Waals surface area contributed by atoms with Gasteiger partial charge in [0.05, 0.1) is 10.3 Å². The summed E-state index contributed by atoms with van der Waals surface area (Å²) in [7, 11) is -4.51. The summed E-state index contributed by atoms with van der Waals surface area (Å²) in [6.07, 6.45) is 10.1. The second-order valence-corrected chi connectivity index (χ2v) is 12.7. The van der Waals surface area contributed by atoms with Crippen molar-refractivity contribution in [2.75, 3.05) is 18.0 Å². The minimum atomic E-state index is -4.51. The molecule has 0 N–H and O–H groups in total. The van der Waals surface area contributed by atoms with E-state index in [-0.39, 0.29) is 10.3 Å². The van der Waals surface area contributed by atoms with E-state index >= 15 is 0 Å². The Morgan fingerprint density at radius 2 is 1.70 bits per heavy atom. The number of nitrogens with zero attached hydrogens (tertiary/aromatic N) is 2. The van der Waals surface area contributed by atoms with Crippen LogP contribution < -0.4 is 4.90 Å². The molecule has 6 heteroatoms. The zero-order valence-corrected chi connectivity index (χ0v) is 24.1. The van der Waals surface area contributed by atoms with Crippen LogP contribution in [0.4, 0.5) is 11.4 Å². The molecule has 2 aliphatic rings. The van der Waals surface area contributed by atoms with Gasteiger partial charge in [-0.1, -0.05) is 57.4 Å². The molecule has 5 nitrogen and oxygen atoms in total. The number of aryl methyl sites for hydroxylation is 1. The van der Waals surface area contributed by atoms with Gasteiger partial charge in [0.1, 0.15) is 16.7 Å². The van der Waals surface area contributed by atoms with Gasteiger partial charge in [0.25, 0.3) is 0 Å². The topological polar surface area (TPSA) is 63.5 Å².